The zero-order valence-corrected chi connectivity index (χ0v) is 22.3. The summed E-state index contributed by atoms with van der Waals surface area (Å²) >= 11 is 0. The van der Waals surface area contributed by atoms with E-state index in [2.05, 4.69) is 42.0 Å². The molecule has 9 nitrogen and oxygen atoms in total. The predicted molar refractivity (Wildman–Crippen MR) is 152 cm³/mol. The van der Waals surface area contributed by atoms with E-state index in [1.807, 2.05) is 41.1 Å². The fourth-order valence-electron chi connectivity index (χ4n) is 4.95. The summed E-state index contributed by atoms with van der Waals surface area (Å²) in [5.74, 6) is 1.93. The Kier molecular flexibility index (Phi) is 6.79. The van der Waals surface area contributed by atoms with Gasteiger partial charge in [-0.15, -0.1) is 6.42 Å². The predicted octanol–water partition coefficient (Wildman–Crippen LogP) is 4.42. The number of anilines is 2. The van der Waals surface area contributed by atoms with Crippen molar-refractivity contribution in [1.82, 2.24) is 24.6 Å². The van der Waals surface area contributed by atoms with Crippen LogP contribution in [0.1, 0.15) is 55.6 Å². The number of hydrogen-bond acceptors (Lipinski definition) is 6. The van der Waals surface area contributed by atoms with Gasteiger partial charge < -0.3 is 16.0 Å². The van der Waals surface area contributed by atoms with E-state index in [1.54, 1.807) is 17.0 Å². The number of nitrogens with two attached hydrogens (primary N) is 1. The standard InChI is InChI=1S/C30H31N7O2/c1-5-24(38)36-15-7-10-23(17-36)37-28-25(27(31)32-18-33-28)26(35-37)19-8-6-9-20(16-19)29(39)34-22-13-11-21(12-14-22)30(2,3)4/h1,6,8-9,11-14,16,18,23H,7,10,15,17H2,2-4H3,(H,34,39)(H2,31,32,33). The van der Waals surface area contributed by atoms with E-state index in [4.69, 9.17) is 17.3 Å². The average Bonchev–Trinajstić information content (AvgIpc) is 3.34. The molecule has 1 unspecified atom stereocenters. The molecule has 1 aliphatic rings. The Labute approximate surface area is 227 Å². The second kappa shape index (κ2) is 10.2. The van der Waals surface area contributed by atoms with Crippen LogP contribution in [0.15, 0.2) is 54.9 Å². The van der Waals surface area contributed by atoms with Gasteiger partial charge in [0, 0.05) is 29.9 Å². The lowest BCUT2D eigenvalue weighted by Crippen LogP contribution is -2.40. The normalized spacial score (nSPS) is 15.6. The molecule has 0 radical (unpaired) electrons. The fraction of sp³-hybridized carbons (Fsp3) is 0.300. The summed E-state index contributed by atoms with van der Waals surface area (Å²) in [6, 6.07) is 15.0. The highest BCUT2D eigenvalue weighted by molar-refractivity contribution is 6.06. The molecule has 0 bridgehead atoms. The van der Waals surface area contributed by atoms with Gasteiger partial charge in [0.15, 0.2) is 5.65 Å². The van der Waals surface area contributed by atoms with Crippen molar-refractivity contribution in [3.63, 3.8) is 0 Å². The maximum atomic E-state index is 13.2. The Morgan fingerprint density at radius 2 is 1.90 bits per heavy atom. The Balaban J connectivity index is 1.47. The Morgan fingerprint density at radius 3 is 2.62 bits per heavy atom. The number of amides is 2. The highest BCUT2D eigenvalue weighted by atomic mass is 16.2. The molecule has 5 rings (SSSR count). The second-order valence-electron chi connectivity index (χ2n) is 10.8. The van der Waals surface area contributed by atoms with E-state index < -0.39 is 0 Å². The topological polar surface area (TPSA) is 119 Å². The van der Waals surface area contributed by atoms with E-state index in [1.165, 1.54) is 11.9 Å². The molecule has 4 aromatic rings. The third-order valence-electron chi connectivity index (χ3n) is 7.08. The molecule has 1 aliphatic heterocycles. The number of terminal acetylenes is 1. The molecule has 1 saturated heterocycles. The van der Waals surface area contributed by atoms with Gasteiger partial charge >= 0.3 is 0 Å². The number of hydrogen-bond donors (Lipinski definition) is 2. The van der Waals surface area contributed by atoms with Gasteiger partial charge in [0.1, 0.15) is 17.8 Å². The van der Waals surface area contributed by atoms with Crippen molar-refractivity contribution in [2.75, 3.05) is 24.1 Å². The molecule has 0 spiro atoms. The number of nitrogen functional groups attached to an aromatic ring is 1. The first kappa shape index (κ1) is 25.9. The van der Waals surface area contributed by atoms with E-state index in [-0.39, 0.29) is 23.3 Å². The van der Waals surface area contributed by atoms with Crippen molar-refractivity contribution in [3.8, 4) is 23.6 Å². The first-order valence-electron chi connectivity index (χ1n) is 12.9. The summed E-state index contributed by atoms with van der Waals surface area (Å²) < 4.78 is 1.81. The molecule has 0 aliphatic carbocycles. The van der Waals surface area contributed by atoms with Crippen LogP contribution < -0.4 is 11.1 Å². The van der Waals surface area contributed by atoms with Crippen molar-refractivity contribution < 1.29 is 9.59 Å². The number of likely N-dealkylation sites (tertiary alicyclic amines) is 1. The Bertz CT molecular complexity index is 1590. The quantitative estimate of drug-likeness (QED) is 0.384. The van der Waals surface area contributed by atoms with Crippen LogP contribution in [-0.2, 0) is 10.2 Å². The zero-order chi connectivity index (χ0) is 27.7. The van der Waals surface area contributed by atoms with Crippen molar-refractivity contribution in [3.05, 3.63) is 66.0 Å². The van der Waals surface area contributed by atoms with Crippen LogP contribution in [0.3, 0.4) is 0 Å². The molecule has 39 heavy (non-hydrogen) atoms. The molecule has 1 atom stereocenters. The summed E-state index contributed by atoms with van der Waals surface area (Å²) in [5.41, 5.74) is 10.6. The minimum absolute atomic E-state index is 0.0291. The van der Waals surface area contributed by atoms with Gasteiger partial charge in [0.05, 0.1) is 11.4 Å². The molecule has 1 fully saturated rings. The van der Waals surface area contributed by atoms with E-state index in [0.29, 0.717) is 52.4 Å². The van der Waals surface area contributed by atoms with Gasteiger partial charge in [-0.05, 0) is 54.0 Å². The number of nitrogens with one attached hydrogen (secondary N) is 1. The molecule has 2 aromatic heterocycles. The lowest BCUT2D eigenvalue weighted by Gasteiger charge is -2.31. The van der Waals surface area contributed by atoms with E-state index in [9.17, 15) is 9.59 Å². The van der Waals surface area contributed by atoms with Crippen molar-refractivity contribution in [1.29, 1.82) is 0 Å². The van der Waals surface area contributed by atoms with Gasteiger partial charge in [-0.3, -0.25) is 9.59 Å². The number of nitrogens with zero attached hydrogens (tertiary/aromatic N) is 5. The highest BCUT2D eigenvalue weighted by Gasteiger charge is 2.28. The number of piperidine rings is 1. The lowest BCUT2D eigenvalue weighted by atomic mass is 9.87. The minimum Gasteiger partial charge on any atom is -0.383 e. The average molecular weight is 522 g/mol. The van der Waals surface area contributed by atoms with Crippen molar-refractivity contribution >= 4 is 34.4 Å². The highest BCUT2D eigenvalue weighted by Crippen LogP contribution is 2.34. The molecule has 3 N–H and O–H groups in total. The van der Waals surface area contributed by atoms with Crippen LogP contribution in [0, 0.1) is 12.3 Å². The smallest absolute Gasteiger partial charge is 0.298 e. The van der Waals surface area contributed by atoms with Crippen LogP contribution in [0.25, 0.3) is 22.3 Å². The van der Waals surface area contributed by atoms with Gasteiger partial charge in [-0.1, -0.05) is 45.0 Å². The van der Waals surface area contributed by atoms with E-state index >= 15 is 0 Å². The first-order valence-corrected chi connectivity index (χ1v) is 12.9. The largest absolute Gasteiger partial charge is 0.383 e. The van der Waals surface area contributed by atoms with E-state index in [0.717, 1.165) is 12.8 Å². The minimum atomic E-state index is -0.336. The zero-order valence-electron chi connectivity index (χ0n) is 22.3. The van der Waals surface area contributed by atoms with Crippen LogP contribution in [-0.4, -0.2) is 49.6 Å². The fourth-order valence-corrected chi connectivity index (χ4v) is 4.95. The summed E-state index contributed by atoms with van der Waals surface area (Å²) in [6.07, 6.45) is 8.36. The SMILES string of the molecule is C#CC(=O)N1CCCC(n2nc(-c3cccc(C(=O)Nc4ccc(C(C)(C)C)cc4)c3)c3c(N)ncnc32)C1. The number of fused-ring (bicyclic) bond motifs is 1. The maximum Gasteiger partial charge on any atom is 0.298 e. The number of carbonyl (C=O) groups excluding carboxylic acids is 2. The summed E-state index contributed by atoms with van der Waals surface area (Å²) in [7, 11) is 0. The van der Waals surface area contributed by atoms with Gasteiger partial charge in [0.25, 0.3) is 11.8 Å². The summed E-state index contributed by atoms with van der Waals surface area (Å²) in [5, 5.41) is 8.47. The lowest BCUT2D eigenvalue weighted by molar-refractivity contribution is -0.126. The molecule has 2 amide bonds. The number of carbonyl (C=O) groups is 2. The summed E-state index contributed by atoms with van der Waals surface area (Å²) in [6.45, 7) is 7.49. The van der Waals surface area contributed by atoms with Crippen molar-refractivity contribution in [2.24, 2.45) is 0 Å². The monoisotopic (exact) mass is 521 g/mol. The van der Waals surface area contributed by atoms with Crippen LogP contribution in [0.4, 0.5) is 11.5 Å². The second-order valence-corrected chi connectivity index (χ2v) is 10.8. The Hall–Kier alpha value is -4.71. The van der Waals surface area contributed by atoms with Crippen LogP contribution in [0.2, 0.25) is 0 Å². The summed E-state index contributed by atoms with van der Waals surface area (Å²) in [4.78, 5) is 35.6. The maximum absolute atomic E-state index is 13.2. The van der Waals surface area contributed by atoms with Crippen LogP contribution >= 0.6 is 0 Å². The third-order valence-corrected chi connectivity index (χ3v) is 7.08. The number of rotatable bonds is 4. The first-order chi connectivity index (χ1) is 18.7. The molecule has 0 saturated carbocycles. The Morgan fingerprint density at radius 1 is 1.13 bits per heavy atom. The number of aromatic nitrogens is 4. The molecule has 198 valence electrons. The van der Waals surface area contributed by atoms with Gasteiger partial charge in [-0.25, -0.2) is 14.6 Å². The number of benzene rings is 2. The molecule has 9 heteroatoms. The molecule has 3 heterocycles. The van der Waals surface area contributed by atoms with Gasteiger partial charge in [0.2, 0.25) is 0 Å². The van der Waals surface area contributed by atoms with Crippen LogP contribution in [0.5, 0.6) is 0 Å². The molecular weight excluding hydrogens is 490 g/mol. The third kappa shape index (κ3) is 5.18. The molecule has 2 aromatic carbocycles. The molecular formula is C30H31N7O2. The van der Waals surface area contributed by atoms with Gasteiger partial charge in [-0.2, -0.15) is 5.10 Å². The van der Waals surface area contributed by atoms with Crippen molar-refractivity contribution in [2.45, 2.75) is 45.1 Å².